The fourth-order valence-corrected chi connectivity index (χ4v) is 3.73. The molecular weight excluding hydrogens is 260 g/mol. The van der Waals surface area contributed by atoms with E-state index in [1.165, 1.54) is 38.5 Å². The highest BCUT2D eigenvalue weighted by atomic mass is 16.2. The van der Waals surface area contributed by atoms with Crippen LogP contribution in [-0.2, 0) is 4.79 Å². The Morgan fingerprint density at radius 2 is 1.81 bits per heavy atom. The van der Waals surface area contributed by atoms with Crippen molar-refractivity contribution < 1.29 is 4.79 Å². The third-order valence-corrected chi connectivity index (χ3v) is 5.09. The summed E-state index contributed by atoms with van der Waals surface area (Å²) in [7, 11) is 0. The van der Waals surface area contributed by atoms with Crippen LogP contribution in [0.1, 0.15) is 78.1 Å². The zero-order valence-corrected chi connectivity index (χ0v) is 14.1. The molecule has 2 rings (SSSR count). The fourth-order valence-electron chi connectivity index (χ4n) is 3.73. The van der Waals surface area contributed by atoms with E-state index in [2.05, 4.69) is 24.1 Å². The van der Waals surface area contributed by atoms with Gasteiger partial charge in [-0.15, -0.1) is 0 Å². The largest absolute Gasteiger partial charge is 0.343 e. The number of likely N-dealkylation sites (tertiary alicyclic amines) is 1. The minimum Gasteiger partial charge on any atom is -0.343 e. The second-order valence-electron chi connectivity index (χ2n) is 7.44. The molecule has 0 spiro atoms. The van der Waals surface area contributed by atoms with Gasteiger partial charge in [0.15, 0.2) is 0 Å². The SMILES string of the molecule is CC(C)CCCN1CC[C@@H](NC2CCCCC2)CCC1=O. The predicted octanol–water partition coefficient (Wildman–Crippen LogP) is 3.73. The Balaban J connectivity index is 1.72. The van der Waals surface area contributed by atoms with Crippen molar-refractivity contribution >= 4 is 5.91 Å². The van der Waals surface area contributed by atoms with Gasteiger partial charge in [-0.3, -0.25) is 4.79 Å². The molecule has 0 radical (unpaired) electrons. The van der Waals surface area contributed by atoms with E-state index in [0.29, 0.717) is 18.0 Å². The maximum absolute atomic E-state index is 12.2. The van der Waals surface area contributed by atoms with Gasteiger partial charge in [0.1, 0.15) is 0 Å². The van der Waals surface area contributed by atoms with E-state index < -0.39 is 0 Å². The zero-order chi connectivity index (χ0) is 15.1. The van der Waals surface area contributed by atoms with Gasteiger partial charge < -0.3 is 10.2 Å². The lowest BCUT2D eigenvalue weighted by Crippen LogP contribution is -2.40. The number of hydrogen-bond acceptors (Lipinski definition) is 2. The maximum atomic E-state index is 12.2. The summed E-state index contributed by atoms with van der Waals surface area (Å²) in [5, 5.41) is 3.83. The van der Waals surface area contributed by atoms with Gasteiger partial charge in [0.25, 0.3) is 0 Å². The molecule has 1 heterocycles. The number of hydrogen-bond donors (Lipinski definition) is 1. The topological polar surface area (TPSA) is 32.3 Å². The van der Waals surface area contributed by atoms with Gasteiger partial charge in [-0.1, -0.05) is 33.1 Å². The van der Waals surface area contributed by atoms with Crippen LogP contribution in [0.4, 0.5) is 0 Å². The number of nitrogens with zero attached hydrogens (tertiary/aromatic N) is 1. The van der Waals surface area contributed by atoms with E-state index in [4.69, 9.17) is 0 Å². The molecule has 1 amide bonds. The molecule has 1 N–H and O–H groups in total. The summed E-state index contributed by atoms with van der Waals surface area (Å²) in [6.07, 6.45) is 12.1. The second-order valence-corrected chi connectivity index (χ2v) is 7.44. The Bertz CT molecular complexity index is 310. The first-order valence-corrected chi connectivity index (χ1v) is 9.19. The van der Waals surface area contributed by atoms with Crippen LogP contribution in [0.3, 0.4) is 0 Å². The quantitative estimate of drug-likeness (QED) is 0.809. The molecule has 3 heteroatoms. The van der Waals surface area contributed by atoms with Gasteiger partial charge in [-0.05, 0) is 44.4 Å². The highest BCUT2D eigenvalue weighted by Crippen LogP contribution is 2.20. The van der Waals surface area contributed by atoms with E-state index in [1.807, 2.05) is 0 Å². The van der Waals surface area contributed by atoms with Gasteiger partial charge in [0, 0.05) is 31.6 Å². The van der Waals surface area contributed by atoms with E-state index in [0.717, 1.165) is 44.7 Å². The van der Waals surface area contributed by atoms with Crippen LogP contribution in [0.25, 0.3) is 0 Å². The number of carbonyl (C=O) groups excluding carboxylic acids is 1. The first-order valence-electron chi connectivity index (χ1n) is 9.19. The number of amides is 1. The fraction of sp³-hybridized carbons (Fsp3) is 0.944. The number of carbonyl (C=O) groups is 1. The van der Waals surface area contributed by atoms with Crippen molar-refractivity contribution in [1.29, 1.82) is 0 Å². The summed E-state index contributed by atoms with van der Waals surface area (Å²) < 4.78 is 0. The van der Waals surface area contributed by atoms with Gasteiger partial charge in [-0.2, -0.15) is 0 Å². The molecule has 1 saturated carbocycles. The lowest BCUT2D eigenvalue weighted by Gasteiger charge is -2.28. The molecule has 1 atom stereocenters. The van der Waals surface area contributed by atoms with E-state index in [1.54, 1.807) is 0 Å². The van der Waals surface area contributed by atoms with Crippen LogP contribution in [0.15, 0.2) is 0 Å². The van der Waals surface area contributed by atoms with Crippen molar-refractivity contribution in [2.45, 2.75) is 90.1 Å². The molecule has 0 bridgehead atoms. The molecule has 2 fully saturated rings. The van der Waals surface area contributed by atoms with Crippen molar-refractivity contribution in [1.82, 2.24) is 10.2 Å². The van der Waals surface area contributed by atoms with Gasteiger partial charge in [-0.25, -0.2) is 0 Å². The molecule has 1 aliphatic carbocycles. The molecule has 0 aromatic heterocycles. The third-order valence-electron chi connectivity index (χ3n) is 5.09. The van der Waals surface area contributed by atoms with Crippen LogP contribution < -0.4 is 5.32 Å². The van der Waals surface area contributed by atoms with Crippen LogP contribution >= 0.6 is 0 Å². The van der Waals surface area contributed by atoms with Gasteiger partial charge in [0.05, 0.1) is 0 Å². The van der Waals surface area contributed by atoms with E-state index in [-0.39, 0.29) is 0 Å². The Kier molecular flexibility index (Phi) is 7.01. The normalized spacial score (nSPS) is 25.4. The van der Waals surface area contributed by atoms with Gasteiger partial charge in [0.2, 0.25) is 5.91 Å². The lowest BCUT2D eigenvalue weighted by atomic mass is 9.94. The van der Waals surface area contributed by atoms with Crippen molar-refractivity contribution in [2.24, 2.45) is 5.92 Å². The molecule has 21 heavy (non-hydrogen) atoms. The molecular formula is C18H34N2O. The highest BCUT2D eigenvalue weighted by Gasteiger charge is 2.24. The first kappa shape index (κ1) is 16.8. The summed E-state index contributed by atoms with van der Waals surface area (Å²) in [4.78, 5) is 14.3. The monoisotopic (exact) mass is 294 g/mol. The summed E-state index contributed by atoms with van der Waals surface area (Å²) in [6, 6.07) is 1.28. The lowest BCUT2D eigenvalue weighted by molar-refractivity contribution is -0.130. The first-order chi connectivity index (χ1) is 10.1. The van der Waals surface area contributed by atoms with Crippen LogP contribution in [0, 0.1) is 5.92 Å². The average Bonchev–Trinajstić information content (AvgIpc) is 2.63. The molecule has 0 unspecified atom stereocenters. The second kappa shape index (κ2) is 8.77. The molecule has 122 valence electrons. The molecule has 2 aliphatic rings. The van der Waals surface area contributed by atoms with Crippen LogP contribution in [-0.4, -0.2) is 36.0 Å². The van der Waals surface area contributed by atoms with Gasteiger partial charge >= 0.3 is 0 Å². The number of rotatable bonds is 6. The average molecular weight is 294 g/mol. The van der Waals surface area contributed by atoms with Crippen molar-refractivity contribution in [3.63, 3.8) is 0 Å². The maximum Gasteiger partial charge on any atom is 0.222 e. The third kappa shape index (κ3) is 5.98. The van der Waals surface area contributed by atoms with Crippen molar-refractivity contribution in [3.05, 3.63) is 0 Å². The van der Waals surface area contributed by atoms with Crippen molar-refractivity contribution in [3.8, 4) is 0 Å². The zero-order valence-electron chi connectivity index (χ0n) is 14.1. The summed E-state index contributed by atoms with van der Waals surface area (Å²) in [6.45, 7) is 6.44. The summed E-state index contributed by atoms with van der Waals surface area (Å²) in [5.41, 5.74) is 0. The minimum atomic E-state index is 0.381. The summed E-state index contributed by atoms with van der Waals surface area (Å²) in [5.74, 6) is 1.12. The Morgan fingerprint density at radius 1 is 1.10 bits per heavy atom. The predicted molar refractivity (Wildman–Crippen MR) is 88.3 cm³/mol. The Labute approximate surface area is 130 Å². The number of nitrogens with one attached hydrogen (secondary N) is 1. The van der Waals surface area contributed by atoms with Crippen LogP contribution in [0.5, 0.6) is 0 Å². The van der Waals surface area contributed by atoms with Crippen LogP contribution in [0.2, 0.25) is 0 Å². The molecule has 1 aliphatic heterocycles. The molecule has 0 aromatic rings. The Morgan fingerprint density at radius 3 is 2.52 bits per heavy atom. The summed E-state index contributed by atoms with van der Waals surface area (Å²) >= 11 is 0. The minimum absolute atomic E-state index is 0.381. The molecule has 1 saturated heterocycles. The smallest absolute Gasteiger partial charge is 0.222 e. The van der Waals surface area contributed by atoms with Crippen molar-refractivity contribution in [2.75, 3.05) is 13.1 Å². The van der Waals surface area contributed by atoms with E-state index >= 15 is 0 Å². The molecule has 0 aromatic carbocycles. The molecule has 3 nitrogen and oxygen atoms in total. The Hall–Kier alpha value is -0.570. The van der Waals surface area contributed by atoms with E-state index in [9.17, 15) is 4.79 Å². The standard InChI is InChI=1S/C18H34N2O/c1-15(2)7-6-13-20-14-12-17(10-11-18(20)21)19-16-8-4-3-5-9-16/h15-17,19H,3-14H2,1-2H3/t17-/m0/s1. The highest BCUT2D eigenvalue weighted by molar-refractivity contribution is 5.76.